The van der Waals surface area contributed by atoms with Crippen molar-refractivity contribution in [1.82, 2.24) is 10.6 Å². The van der Waals surface area contributed by atoms with E-state index in [0.29, 0.717) is 19.2 Å². The van der Waals surface area contributed by atoms with Crippen LogP contribution in [0.1, 0.15) is 19.8 Å². The summed E-state index contributed by atoms with van der Waals surface area (Å²) in [6, 6.07) is 8.11. The van der Waals surface area contributed by atoms with Gasteiger partial charge in [-0.2, -0.15) is 0 Å². The molecule has 5 heteroatoms. The molecule has 0 saturated carbocycles. The van der Waals surface area contributed by atoms with Crippen molar-refractivity contribution in [3.05, 3.63) is 28.7 Å². The topological polar surface area (TPSA) is 50.4 Å². The number of ether oxygens (including phenoxy) is 1. The van der Waals surface area contributed by atoms with Crippen molar-refractivity contribution in [2.75, 3.05) is 19.7 Å². The number of hydrogen-bond acceptors (Lipinski definition) is 3. The summed E-state index contributed by atoms with van der Waals surface area (Å²) in [6.07, 6.45) is 1.84. The van der Waals surface area contributed by atoms with Crippen LogP contribution in [0.3, 0.4) is 0 Å². The van der Waals surface area contributed by atoms with E-state index >= 15 is 0 Å². The number of benzene rings is 1. The van der Waals surface area contributed by atoms with Gasteiger partial charge in [-0.05, 0) is 50.6 Å². The second kappa shape index (κ2) is 7.64. The molecule has 1 aromatic rings. The zero-order valence-corrected chi connectivity index (χ0v) is 13.3. The molecule has 0 spiro atoms. The Bertz CT molecular complexity index is 436. The van der Waals surface area contributed by atoms with E-state index in [1.807, 2.05) is 24.3 Å². The van der Waals surface area contributed by atoms with Crippen LogP contribution in [-0.4, -0.2) is 31.6 Å². The first-order chi connectivity index (χ1) is 9.65. The Hall–Kier alpha value is -1.07. The predicted molar refractivity (Wildman–Crippen MR) is 82.8 cm³/mol. The van der Waals surface area contributed by atoms with Crippen molar-refractivity contribution in [3.63, 3.8) is 0 Å². The number of piperidine rings is 1. The fourth-order valence-corrected chi connectivity index (χ4v) is 2.65. The third-order valence-electron chi connectivity index (χ3n) is 3.48. The lowest BCUT2D eigenvalue weighted by atomic mass is 9.92. The number of rotatable bonds is 5. The van der Waals surface area contributed by atoms with Gasteiger partial charge in [0.2, 0.25) is 5.91 Å². The molecule has 1 aliphatic heterocycles. The molecule has 0 aliphatic carbocycles. The van der Waals surface area contributed by atoms with Gasteiger partial charge in [-0.1, -0.05) is 15.9 Å². The van der Waals surface area contributed by atoms with Crippen LogP contribution >= 0.6 is 15.9 Å². The second-order valence-corrected chi connectivity index (χ2v) is 6.09. The summed E-state index contributed by atoms with van der Waals surface area (Å²) in [6.45, 7) is 4.09. The summed E-state index contributed by atoms with van der Waals surface area (Å²) >= 11 is 3.38. The first-order valence-electron chi connectivity index (χ1n) is 7.04. The molecule has 0 aromatic heterocycles. The van der Waals surface area contributed by atoms with Gasteiger partial charge in [0, 0.05) is 16.4 Å². The minimum Gasteiger partial charge on any atom is -0.492 e. The van der Waals surface area contributed by atoms with Crippen molar-refractivity contribution in [3.8, 4) is 5.75 Å². The molecule has 1 aromatic carbocycles. The number of carbonyl (C=O) groups excluding carboxylic acids is 1. The molecule has 4 nitrogen and oxygen atoms in total. The quantitative estimate of drug-likeness (QED) is 0.809. The number of hydrogen-bond donors (Lipinski definition) is 2. The van der Waals surface area contributed by atoms with Crippen LogP contribution in [0.25, 0.3) is 0 Å². The first kappa shape index (κ1) is 15.3. The summed E-state index contributed by atoms with van der Waals surface area (Å²) in [7, 11) is 0. The van der Waals surface area contributed by atoms with Crippen molar-refractivity contribution < 1.29 is 9.53 Å². The maximum absolute atomic E-state index is 12.0. The van der Waals surface area contributed by atoms with Gasteiger partial charge in [-0.15, -0.1) is 0 Å². The molecule has 20 heavy (non-hydrogen) atoms. The lowest BCUT2D eigenvalue weighted by Gasteiger charge is -2.27. The van der Waals surface area contributed by atoms with Gasteiger partial charge in [-0.25, -0.2) is 0 Å². The number of halogens is 1. The Balaban J connectivity index is 1.65. The molecule has 0 radical (unpaired) electrons. The monoisotopic (exact) mass is 340 g/mol. The largest absolute Gasteiger partial charge is 0.492 e. The molecule has 110 valence electrons. The van der Waals surface area contributed by atoms with E-state index in [0.717, 1.165) is 29.6 Å². The normalized spacial score (nSPS) is 22.3. The summed E-state index contributed by atoms with van der Waals surface area (Å²) < 4.78 is 6.60. The lowest BCUT2D eigenvalue weighted by Crippen LogP contribution is -2.43. The molecule has 2 atom stereocenters. The number of carbonyl (C=O) groups is 1. The maximum Gasteiger partial charge on any atom is 0.223 e. The minimum absolute atomic E-state index is 0.138. The van der Waals surface area contributed by atoms with Gasteiger partial charge in [0.05, 0.1) is 6.54 Å². The average Bonchev–Trinajstić information content (AvgIpc) is 2.45. The predicted octanol–water partition coefficient (Wildman–Crippen LogP) is 2.33. The van der Waals surface area contributed by atoms with E-state index in [4.69, 9.17) is 4.74 Å². The maximum atomic E-state index is 12.0. The van der Waals surface area contributed by atoms with E-state index in [1.165, 1.54) is 0 Å². The summed E-state index contributed by atoms with van der Waals surface area (Å²) in [5, 5.41) is 6.31. The molecule has 1 heterocycles. The van der Waals surface area contributed by atoms with E-state index in [2.05, 4.69) is 33.5 Å². The van der Waals surface area contributed by atoms with Crippen LogP contribution in [0.2, 0.25) is 0 Å². The minimum atomic E-state index is 0.138. The Kier molecular flexibility index (Phi) is 5.86. The lowest BCUT2D eigenvalue weighted by molar-refractivity contribution is -0.126. The average molecular weight is 341 g/mol. The van der Waals surface area contributed by atoms with Crippen molar-refractivity contribution in [2.45, 2.75) is 25.8 Å². The fraction of sp³-hybridized carbons (Fsp3) is 0.533. The summed E-state index contributed by atoms with van der Waals surface area (Å²) in [5.41, 5.74) is 0. The fourth-order valence-electron chi connectivity index (χ4n) is 2.39. The Morgan fingerprint density at radius 2 is 2.20 bits per heavy atom. The van der Waals surface area contributed by atoms with Gasteiger partial charge < -0.3 is 15.4 Å². The van der Waals surface area contributed by atoms with Gasteiger partial charge in [0.1, 0.15) is 12.4 Å². The van der Waals surface area contributed by atoms with E-state index in [-0.39, 0.29) is 11.8 Å². The van der Waals surface area contributed by atoms with Crippen LogP contribution in [0.5, 0.6) is 5.75 Å². The van der Waals surface area contributed by atoms with Crippen LogP contribution in [-0.2, 0) is 4.79 Å². The highest BCUT2D eigenvalue weighted by atomic mass is 79.9. The van der Waals surface area contributed by atoms with Crippen LogP contribution in [0.4, 0.5) is 0 Å². The van der Waals surface area contributed by atoms with Crippen LogP contribution in [0.15, 0.2) is 28.7 Å². The van der Waals surface area contributed by atoms with Gasteiger partial charge in [0.15, 0.2) is 0 Å². The molecule has 2 rings (SSSR count). The van der Waals surface area contributed by atoms with E-state index in [9.17, 15) is 4.79 Å². The number of amides is 1. The Labute approximate surface area is 128 Å². The molecular weight excluding hydrogens is 320 g/mol. The molecule has 1 saturated heterocycles. The second-order valence-electron chi connectivity index (χ2n) is 5.17. The summed E-state index contributed by atoms with van der Waals surface area (Å²) in [5.74, 6) is 1.11. The van der Waals surface area contributed by atoms with Gasteiger partial charge >= 0.3 is 0 Å². The van der Waals surface area contributed by atoms with Crippen molar-refractivity contribution in [1.29, 1.82) is 0 Å². The molecule has 1 fully saturated rings. The molecular formula is C15H21BrN2O2. The van der Waals surface area contributed by atoms with Gasteiger partial charge in [-0.3, -0.25) is 4.79 Å². The van der Waals surface area contributed by atoms with E-state index < -0.39 is 0 Å². The molecule has 1 amide bonds. The van der Waals surface area contributed by atoms with Gasteiger partial charge in [0.25, 0.3) is 0 Å². The zero-order valence-electron chi connectivity index (χ0n) is 11.7. The first-order valence-corrected chi connectivity index (χ1v) is 7.84. The highest BCUT2D eigenvalue weighted by Gasteiger charge is 2.24. The Morgan fingerprint density at radius 3 is 2.90 bits per heavy atom. The van der Waals surface area contributed by atoms with Crippen LogP contribution < -0.4 is 15.4 Å². The molecule has 0 bridgehead atoms. The molecule has 2 N–H and O–H groups in total. The molecule has 0 unspecified atom stereocenters. The smallest absolute Gasteiger partial charge is 0.223 e. The van der Waals surface area contributed by atoms with Crippen molar-refractivity contribution >= 4 is 21.8 Å². The highest BCUT2D eigenvalue weighted by molar-refractivity contribution is 9.10. The van der Waals surface area contributed by atoms with Crippen LogP contribution in [0, 0.1) is 5.92 Å². The highest BCUT2D eigenvalue weighted by Crippen LogP contribution is 2.17. The standard InChI is InChI=1S/C15H21BrN2O2/c1-11-10-12(6-7-17-11)15(19)18-8-9-20-14-4-2-13(16)3-5-14/h2-5,11-12,17H,6-10H2,1H3,(H,18,19)/t11-,12-/m0/s1. The Morgan fingerprint density at radius 1 is 1.45 bits per heavy atom. The SMILES string of the molecule is C[C@H]1C[C@@H](C(=O)NCCOc2ccc(Br)cc2)CCN1. The summed E-state index contributed by atoms with van der Waals surface area (Å²) in [4.78, 5) is 12.0. The zero-order chi connectivity index (χ0) is 14.4. The van der Waals surface area contributed by atoms with E-state index in [1.54, 1.807) is 0 Å². The number of nitrogens with one attached hydrogen (secondary N) is 2. The third kappa shape index (κ3) is 4.80. The molecule has 1 aliphatic rings. The third-order valence-corrected chi connectivity index (χ3v) is 4.01. The van der Waals surface area contributed by atoms with Crippen molar-refractivity contribution in [2.24, 2.45) is 5.92 Å².